The molecule has 2 aromatic rings. The monoisotopic (exact) mass is 420 g/mol. The number of benzene rings is 2. The van der Waals surface area contributed by atoms with Gasteiger partial charge in [0.1, 0.15) is 0 Å². The molecule has 29 heavy (non-hydrogen) atoms. The Morgan fingerprint density at radius 1 is 1.07 bits per heavy atom. The minimum absolute atomic E-state index is 0.0120. The summed E-state index contributed by atoms with van der Waals surface area (Å²) in [5.41, 5.74) is 0.705. The van der Waals surface area contributed by atoms with E-state index in [1.54, 1.807) is 12.1 Å². The normalized spacial score (nSPS) is 12.4. The molecule has 8 nitrogen and oxygen atoms in total. The van der Waals surface area contributed by atoms with Crippen LogP contribution in [0.3, 0.4) is 0 Å². The summed E-state index contributed by atoms with van der Waals surface area (Å²) in [6.07, 6.45) is -1.05. The standard InChI is InChI=1S/C20H24N2O6S/c1-5-22(17-11-7-6-8-12-17)19(23)15(2)28-20(24)16-10-9-13-18(14-16)29(25,26)21(3)27-4/h6-15H,5H2,1-4H3/t15-/m0/s1. The van der Waals surface area contributed by atoms with E-state index in [0.29, 0.717) is 16.7 Å². The lowest BCUT2D eigenvalue weighted by molar-refractivity contribution is -0.126. The fourth-order valence-corrected chi connectivity index (χ4v) is 3.62. The second kappa shape index (κ2) is 9.64. The minimum atomic E-state index is -3.92. The average Bonchev–Trinajstić information content (AvgIpc) is 2.74. The molecule has 0 fully saturated rings. The summed E-state index contributed by atoms with van der Waals surface area (Å²) in [6.45, 7) is 3.70. The Morgan fingerprint density at radius 2 is 1.72 bits per heavy atom. The van der Waals surface area contributed by atoms with Gasteiger partial charge in [-0.05, 0) is 44.2 Å². The second-order valence-corrected chi connectivity index (χ2v) is 8.03. The third kappa shape index (κ3) is 5.20. The first-order valence-electron chi connectivity index (χ1n) is 8.92. The lowest BCUT2D eigenvalue weighted by Crippen LogP contribution is -2.40. The molecule has 9 heteroatoms. The van der Waals surface area contributed by atoms with Gasteiger partial charge < -0.3 is 9.64 Å². The van der Waals surface area contributed by atoms with Crippen LogP contribution in [0.4, 0.5) is 5.69 Å². The van der Waals surface area contributed by atoms with Crippen LogP contribution in [-0.2, 0) is 24.4 Å². The zero-order chi connectivity index (χ0) is 21.6. The van der Waals surface area contributed by atoms with E-state index in [1.807, 2.05) is 25.1 Å². The van der Waals surface area contributed by atoms with Crippen LogP contribution in [0, 0.1) is 0 Å². The molecule has 0 aromatic heterocycles. The average molecular weight is 420 g/mol. The van der Waals surface area contributed by atoms with Crippen molar-refractivity contribution in [3.63, 3.8) is 0 Å². The van der Waals surface area contributed by atoms with Crippen molar-refractivity contribution in [3.8, 4) is 0 Å². The lowest BCUT2D eigenvalue weighted by Gasteiger charge is -2.24. The first kappa shape index (κ1) is 22.5. The zero-order valence-electron chi connectivity index (χ0n) is 16.7. The number of carbonyl (C=O) groups is 2. The van der Waals surface area contributed by atoms with E-state index in [1.165, 1.54) is 50.2 Å². The van der Waals surface area contributed by atoms with Crippen LogP contribution in [0.15, 0.2) is 59.5 Å². The van der Waals surface area contributed by atoms with Gasteiger partial charge in [0.25, 0.3) is 15.9 Å². The number of carbonyl (C=O) groups excluding carboxylic acids is 2. The number of hydrogen-bond acceptors (Lipinski definition) is 6. The van der Waals surface area contributed by atoms with Gasteiger partial charge in [0.2, 0.25) is 0 Å². The third-order valence-electron chi connectivity index (χ3n) is 4.24. The van der Waals surface area contributed by atoms with Crippen molar-refractivity contribution in [2.45, 2.75) is 24.8 Å². The summed E-state index contributed by atoms with van der Waals surface area (Å²) in [4.78, 5) is 31.3. The van der Waals surface area contributed by atoms with Crippen molar-refractivity contribution < 1.29 is 27.6 Å². The molecule has 2 rings (SSSR count). The predicted octanol–water partition coefficient (Wildman–Crippen LogP) is 2.47. The van der Waals surface area contributed by atoms with Crippen molar-refractivity contribution in [3.05, 3.63) is 60.2 Å². The van der Waals surface area contributed by atoms with E-state index in [9.17, 15) is 18.0 Å². The second-order valence-electron chi connectivity index (χ2n) is 6.09. The molecule has 0 bridgehead atoms. The Kier molecular flexibility index (Phi) is 7.49. The van der Waals surface area contributed by atoms with Crippen LogP contribution in [0.25, 0.3) is 0 Å². The summed E-state index contributed by atoms with van der Waals surface area (Å²) in [6, 6.07) is 14.4. The zero-order valence-corrected chi connectivity index (χ0v) is 17.5. The van der Waals surface area contributed by atoms with Crippen LogP contribution in [-0.4, -0.2) is 51.6 Å². The fourth-order valence-electron chi connectivity index (χ4n) is 2.60. The van der Waals surface area contributed by atoms with Crippen molar-refractivity contribution in [1.29, 1.82) is 0 Å². The summed E-state index contributed by atoms with van der Waals surface area (Å²) in [5.74, 6) is -1.18. The van der Waals surface area contributed by atoms with Crippen LogP contribution in [0.1, 0.15) is 24.2 Å². The summed E-state index contributed by atoms with van der Waals surface area (Å²) < 4.78 is 30.7. The third-order valence-corrected chi connectivity index (χ3v) is 5.92. The Labute approximate surface area is 170 Å². The number of hydroxylamine groups is 1. The number of ether oxygens (including phenoxy) is 1. The Morgan fingerprint density at radius 3 is 2.31 bits per heavy atom. The smallest absolute Gasteiger partial charge is 0.338 e. The van der Waals surface area contributed by atoms with Crippen molar-refractivity contribution in [2.75, 3.05) is 25.6 Å². The van der Waals surface area contributed by atoms with Gasteiger partial charge in [0, 0.05) is 19.3 Å². The van der Waals surface area contributed by atoms with Crippen LogP contribution >= 0.6 is 0 Å². The highest BCUT2D eigenvalue weighted by Crippen LogP contribution is 2.18. The highest BCUT2D eigenvalue weighted by atomic mass is 32.2. The molecular weight excluding hydrogens is 396 g/mol. The maximum Gasteiger partial charge on any atom is 0.338 e. The summed E-state index contributed by atoms with van der Waals surface area (Å²) >= 11 is 0. The quantitative estimate of drug-likeness (QED) is 0.481. The fraction of sp³-hybridized carbons (Fsp3) is 0.300. The first-order valence-corrected chi connectivity index (χ1v) is 10.4. The molecule has 0 saturated heterocycles. The van der Waals surface area contributed by atoms with Gasteiger partial charge in [0.05, 0.1) is 17.6 Å². The van der Waals surface area contributed by atoms with E-state index in [2.05, 4.69) is 0 Å². The molecule has 0 N–H and O–H groups in total. The maximum atomic E-state index is 12.7. The highest BCUT2D eigenvalue weighted by molar-refractivity contribution is 7.89. The molecule has 156 valence electrons. The van der Waals surface area contributed by atoms with Gasteiger partial charge in [-0.25, -0.2) is 13.2 Å². The number of rotatable bonds is 8. The molecule has 0 unspecified atom stereocenters. The molecule has 0 heterocycles. The number of hydrogen-bond donors (Lipinski definition) is 0. The number of anilines is 1. The van der Waals surface area contributed by atoms with Gasteiger partial charge in [-0.3, -0.25) is 9.63 Å². The Bertz CT molecular complexity index is 962. The van der Waals surface area contributed by atoms with Crippen molar-refractivity contribution in [2.24, 2.45) is 0 Å². The molecule has 0 aliphatic heterocycles. The van der Waals surface area contributed by atoms with Crippen LogP contribution in [0.2, 0.25) is 0 Å². The molecule has 1 atom stereocenters. The molecule has 2 aromatic carbocycles. The number of likely N-dealkylation sites (N-methyl/N-ethyl adjacent to an activating group) is 1. The maximum absolute atomic E-state index is 12.7. The van der Waals surface area contributed by atoms with Gasteiger partial charge in [-0.1, -0.05) is 28.7 Å². The van der Waals surface area contributed by atoms with Crippen molar-refractivity contribution in [1.82, 2.24) is 4.47 Å². The van der Waals surface area contributed by atoms with E-state index < -0.39 is 22.1 Å². The predicted molar refractivity (Wildman–Crippen MR) is 108 cm³/mol. The van der Waals surface area contributed by atoms with E-state index in [-0.39, 0.29) is 16.4 Å². The van der Waals surface area contributed by atoms with Crippen molar-refractivity contribution >= 4 is 27.6 Å². The number of sulfonamides is 1. The SMILES string of the molecule is CCN(C(=O)[C@H](C)OC(=O)c1cccc(S(=O)(=O)N(C)OC)c1)c1ccccc1. The lowest BCUT2D eigenvalue weighted by atomic mass is 10.2. The van der Waals surface area contributed by atoms with E-state index in [4.69, 9.17) is 9.57 Å². The number of esters is 1. The number of nitrogens with zero attached hydrogens (tertiary/aromatic N) is 2. The highest BCUT2D eigenvalue weighted by Gasteiger charge is 2.26. The van der Waals surface area contributed by atoms with Gasteiger partial charge in [-0.15, -0.1) is 0 Å². The minimum Gasteiger partial charge on any atom is -0.449 e. The van der Waals surface area contributed by atoms with E-state index >= 15 is 0 Å². The van der Waals surface area contributed by atoms with Crippen LogP contribution < -0.4 is 4.90 Å². The van der Waals surface area contributed by atoms with Gasteiger partial charge in [0.15, 0.2) is 6.10 Å². The Balaban J connectivity index is 2.17. The largest absolute Gasteiger partial charge is 0.449 e. The Hall–Kier alpha value is -2.75. The summed E-state index contributed by atoms with van der Waals surface area (Å²) in [5, 5.41) is 0. The molecule has 0 spiro atoms. The molecule has 0 saturated carbocycles. The molecule has 0 aliphatic rings. The number of amides is 1. The molecule has 1 amide bonds. The molecule has 0 aliphatic carbocycles. The summed E-state index contributed by atoms with van der Waals surface area (Å²) in [7, 11) is -1.46. The molecule has 0 radical (unpaired) electrons. The van der Waals surface area contributed by atoms with E-state index in [0.717, 1.165) is 0 Å². The topological polar surface area (TPSA) is 93.2 Å². The van der Waals surface area contributed by atoms with Gasteiger partial charge in [-0.2, -0.15) is 0 Å². The first-order chi connectivity index (χ1) is 13.7. The van der Waals surface area contributed by atoms with Gasteiger partial charge >= 0.3 is 5.97 Å². The number of para-hydroxylation sites is 1. The molecular formula is C20H24N2O6S. The van der Waals surface area contributed by atoms with Crippen LogP contribution in [0.5, 0.6) is 0 Å².